The first-order valence-corrected chi connectivity index (χ1v) is 6.60. The lowest BCUT2D eigenvalue weighted by molar-refractivity contribution is -0.146. The molecule has 2 aliphatic rings. The second-order valence-corrected chi connectivity index (χ2v) is 5.24. The number of hydrogen-bond acceptors (Lipinski definition) is 4. The van der Waals surface area contributed by atoms with E-state index in [0.29, 0.717) is 11.5 Å². The second kappa shape index (κ2) is 4.74. The Labute approximate surface area is 112 Å². The number of rotatable bonds is 1. The van der Waals surface area contributed by atoms with Gasteiger partial charge in [0.05, 0.1) is 12.3 Å². The highest BCUT2D eigenvalue weighted by molar-refractivity contribution is 5.96. The largest absolute Gasteiger partial charge is 0.482 e. The van der Waals surface area contributed by atoms with Crippen LogP contribution in [0.4, 0.5) is 0 Å². The summed E-state index contributed by atoms with van der Waals surface area (Å²) in [5.41, 5.74) is 5.97. The van der Waals surface area contributed by atoms with Gasteiger partial charge in [-0.15, -0.1) is 0 Å². The number of hydrogen-bond donors (Lipinski definition) is 1. The normalized spacial score (nSPS) is 33.2. The summed E-state index contributed by atoms with van der Waals surface area (Å²) in [7, 11) is 1.82. The SMILES string of the molecule is CN1C(=O)/C(=C\c2ccco2)OC2CCC(N)CC21. The molecule has 1 aliphatic carbocycles. The summed E-state index contributed by atoms with van der Waals surface area (Å²) >= 11 is 0. The molecule has 2 N–H and O–H groups in total. The number of ether oxygens (including phenoxy) is 1. The summed E-state index contributed by atoms with van der Waals surface area (Å²) in [5, 5.41) is 0. The zero-order valence-corrected chi connectivity index (χ0v) is 10.9. The zero-order chi connectivity index (χ0) is 13.4. The van der Waals surface area contributed by atoms with Gasteiger partial charge in [0.2, 0.25) is 0 Å². The molecule has 1 aromatic heterocycles. The van der Waals surface area contributed by atoms with E-state index in [1.54, 1.807) is 29.4 Å². The van der Waals surface area contributed by atoms with Crippen LogP contribution in [0.5, 0.6) is 0 Å². The average Bonchev–Trinajstić information content (AvgIpc) is 2.89. The maximum Gasteiger partial charge on any atom is 0.289 e. The minimum absolute atomic E-state index is 0.0451. The molecule has 0 aromatic carbocycles. The molecule has 3 atom stereocenters. The molecule has 3 rings (SSSR count). The van der Waals surface area contributed by atoms with Crippen LogP contribution in [0.2, 0.25) is 0 Å². The molecule has 2 heterocycles. The van der Waals surface area contributed by atoms with Gasteiger partial charge in [0, 0.05) is 19.2 Å². The van der Waals surface area contributed by atoms with Crippen LogP contribution in [-0.2, 0) is 9.53 Å². The monoisotopic (exact) mass is 262 g/mol. The van der Waals surface area contributed by atoms with E-state index in [9.17, 15) is 4.79 Å². The molecule has 1 aliphatic heterocycles. The van der Waals surface area contributed by atoms with Gasteiger partial charge in [-0.3, -0.25) is 4.79 Å². The van der Waals surface area contributed by atoms with E-state index in [1.807, 2.05) is 7.05 Å². The van der Waals surface area contributed by atoms with Crippen molar-refractivity contribution in [3.63, 3.8) is 0 Å². The predicted octanol–water partition coefficient (Wildman–Crippen LogP) is 1.36. The first-order chi connectivity index (χ1) is 9.15. The number of fused-ring (bicyclic) bond motifs is 1. The number of morpholine rings is 1. The molecule has 1 saturated carbocycles. The maximum absolute atomic E-state index is 12.3. The lowest BCUT2D eigenvalue weighted by Crippen LogP contribution is -2.56. The van der Waals surface area contributed by atoms with Crippen LogP contribution in [0, 0.1) is 0 Å². The average molecular weight is 262 g/mol. The number of nitrogens with zero attached hydrogens (tertiary/aromatic N) is 1. The van der Waals surface area contributed by atoms with E-state index < -0.39 is 0 Å². The Morgan fingerprint density at radius 1 is 1.47 bits per heavy atom. The number of nitrogens with two attached hydrogens (primary N) is 1. The van der Waals surface area contributed by atoms with Gasteiger partial charge in [-0.1, -0.05) is 0 Å². The van der Waals surface area contributed by atoms with Crippen molar-refractivity contribution in [2.24, 2.45) is 5.73 Å². The molecule has 2 fully saturated rings. The molecular formula is C14H18N2O3. The molecular weight excluding hydrogens is 244 g/mol. The standard InChI is InChI=1S/C14H18N2O3/c1-16-11-7-9(15)4-5-12(11)19-13(14(16)17)8-10-3-2-6-18-10/h2-3,6,8-9,11-12H,4-5,7,15H2,1H3/b13-8+. The summed E-state index contributed by atoms with van der Waals surface area (Å²) in [6.07, 6.45) is 5.91. The molecule has 0 bridgehead atoms. The van der Waals surface area contributed by atoms with Crippen molar-refractivity contribution in [3.8, 4) is 0 Å². The van der Waals surface area contributed by atoms with Crippen molar-refractivity contribution < 1.29 is 13.9 Å². The third-order valence-corrected chi connectivity index (χ3v) is 3.92. The number of likely N-dealkylation sites (N-methyl/N-ethyl adjacent to an activating group) is 1. The Kier molecular flexibility index (Phi) is 3.06. The minimum atomic E-state index is -0.105. The molecule has 3 unspecified atom stereocenters. The van der Waals surface area contributed by atoms with E-state index in [4.69, 9.17) is 14.9 Å². The summed E-state index contributed by atoms with van der Waals surface area (Å²) in [6, 6.07) is 3.83. The van der Waals surface area contributed by atoms with Crippen LogP contribution in [0.25, 0.3) is 6.08 Å². The van der Waals surface area contributed by atoms with Gasteiger partial charge in [-0.2, -0.15) is 0 Å². The highest BCUT2D eigenvalue weighted by atomic mass is 16.5. The Bertz CT molecular complexity index is 495. The van der Waals surface area contributed by atoms with E-state index in [0.717, 1.165) is 19.3 Å². The van der Waals surface area contributed by atoms with Crippen molar-refractivity contribution in [3.05, 3.63) is 29.9 Å². The van der Waals surface area contributed by atoms with Gasteiger partial charge in [0.25, 0.3) is 5.91 Å². The van der Waals surface area contributed by atoms with Gasteiger partial charge >= 0.3 is 0 Å². The number of amides is 1. The quantitative estimate of drug-likeness (QED) is 0.776. The molecule has 1 aromatic rings. The molecule has 19 heavy (non-hydrogen) atoms. The fraction of sp³-hybridized carbons (Fsp3) is 0.500. The number of carbonyl (C=O) groups is 1. The fourth-order valence-electron chi connectivity index (χ4n) is 2.83. The third-order valence-electron chi connectivity index (χ3n) is 3.92. The van der Waals surface area contributed by atoms with Crippen LogP contribution in [0.3, 0.4) is 0 Å². The molecule has 0 spiro atoms. The topological polar surface area (TPSA) is 68.7 Å². The molecule has 5 heteroatoms. The number of furan rings is 1. The maximum atomic E-state index is 12.3. The Balaban J connectivity index is 1.84. The summed E-state index contributed by atoms with van der Waals surface area (Å²) in [5.74, 6) is 0.878. The first kappa shape index (κ1) is 12.3. The lowest BCUT2D eigenvalue weighted by atomic mass is 9.87. The molecule has 5 nitrogen and oxygen atoms in total. The van der Waals surface area contributed by atoms with E-state index in [1.165, 1.54) is 0 Å². The van der Waals surface area contributed by atoms with E-state index in [2.05, 4.69) is 0 Å². The molecule has 102 valence electrons. The Morgan fingerprint density at radius 3 is 3.05 bits per heavy atom. The Hall–Kier alpha value is -1.75. The van der Waals surface area contributed by atoms with Gasteiger partial charge in [-0.25, -0.2) is 0 Å². The molecule has 1 saturated heterocycles. The van der Waals surface area contributed by atoms with Crippen LogP contribution in [-0.4, -0.2) is 36.0 Å². The highest BCUT2D eigenvalue weighted by Gasteiger charge is 2.41. The van der Waals surface area contributed by atoms with E-state index in [-0.39, 0.29) is 24.1 Å². The summed E-state index contributed by atoms with van der Waals surface area (Å²) < 4.78 is 11.1. The van der Waals surface area contributed by atoms with Gasteiger partial charge in [0.15, 0.2) is 5.76 Å². The second-order valence-electron chi connectivity index (χ2n) is 5.24. The summed E-state index contributed by atoms with van der Waals surface area (Å²) in [6.45, 7) is 0. The van der Waals surface area contributed by atoms with Gasteiger partial charge in [-0.05, 0) is 31.4 Å². The molecule has 0 radical (unpaired) electrons. The van der Waals surface area contributed by atoms with Crippen molar-refractivity contribution in [2.45, 2.75) is 37.5 Å². The van der Waals surface area contributed by atoms with Crippen LogP contribution < -0.4 is 5.73 Å². The van der Waals surface area contributed by atoms with Crippen LogP contribution in [0.15, 0.2) is 28.6 Å². The Morgan fingerprint density at radius 2 is 2.32 bits per heavy atom. The van der Waals surface area contributed by atoms with Crippen LogP contribution in [0.1, 0.15) is 25.0 Å². The predicted molar refractivity (Wildman–Crippen MR) is 69.9 cm³/mol. The number of carbonyl (C=O) groups excluding carboxylic acids is 1. The molecule has 1 amide bonds. The van der Waals surface area contributed by atoms with Gasteiger partial charge in [0.1, 0.15) is 11.9 Å². The van der Waals surface area contributed by atoms with Crippen molar-refractivity contribution in [1.29, 1.82) is 0 Å². The lowest BCUT2D eigenvalue weighted by Gasteiger charge is -2.44. The highest BCUT2D eigenvalue weighted by Crippen LogP contribution is 2.31. The van der Waals surface area contributed by atoms with Crippen molar-refractivity contribution >= 4 is 12.0 Å². The van der Waals surface area contributed by atoms with Crippen LogP contribution >= 0.6 is 0 Å². The third kappa shape index (κ3) is 2.26. The smallest absolute Gasteiger partial charge is 0.289 e. The van der Waals surface area contributed by atoms with E-state index >= 15 is 0 Å². The fourth-order valence-corrected chi connectivity index (χ4v) is 2.83. The van der Waals surface area contributed by atoms with Crippen molar-refractivity contribution in [2.75, 3.05) is 7.05 Å². The van der Waals surface area contributed by atoms with Crippen molar-refractivity contribution in [1.82, 2.24) is 4.90 Å². The minimum Gasteiger partial charge on any atom is -0.482 e. The van der Waals surface area contributed by atoms with Gasteiger partial charge < -0.3 is 19.8 Å². The first-order valence-electron chi connectivity index (χ1n) is 6.60. The zero-order valence-electron chi connectivity index (χ0n) is 10.9. The summed E-state index contributed by atoms with van der Waals surface area (Å²) in [4.78, 5) is 14.0.